The molecule has 1 heterocycles. The van der Waals surface area contributed by atoms with Crippen LogP contribution in [0.4, 0.5) is 0 Å². The van der Waals surface area contributed by atoms with Crippen LogP contribution in [0.1, 0.15) is 11.4 Å². The molecule has 0 aliphatic heterocycles. The predicted molar refractivity (Wildman–Crippen MR) is 73.1 cm³/mol. The van der Waals surface area contributed by atoms with Gasteiger partial charge in [0.05, 0.1) is 0 Å². The second-order valence-corrected chi connectivity index (χ2v) is 4.82. The Hall–Kier alpha value is -0.940. The second-order valence-electron chi connectivity index (χ2n) is 3.34. The summed E-state index contributed by atoms with van der Waals surface area (Å²) in [7, 11) is 0. The van der Waals surface area contributed by atoms with Gasteiger partial charge in [0, 0.05) is 27.8 Å². The van der Waals surface area contributed by atoms with Gasteiger partial charge in [0.1, 0.15) is 12.4 Å². The number of ether oxygens (including phenoxy) is 1. The quantitative estimate of drug-likeness (QED) is 0.782. The molecule has 5 heteroatoms. The highest BCUT2D eigenvalue weighted by molar-refractivity contribution is 9.10. The number of aromatic nitrogens is 2. The summed E-state index contributed by atoms with van der Waals surface area (Å²) in [5.74, 6) is 1.52. The van der Waals surface area contributed by atoms with Crippen molar-refractivity contribution in [3.05, 3.63) is 52.5 Å². The number of benzene rings is 1. The van der Waals surface area contributed by atoms with E-state index < -0.39 is 0 Å². The zero-order chi connectivity index (χ0) is 12.1. The fourth-order valence-electron chi connectivity index (χ4n) is 1.34. The number of halogens is 2. The maximum Gasteiger partial charge on any atom is 0.166 e. The van der Waals surface area contributed by atoms with E-state index in [0.29, 0.717) is 12.4 Å². The number of hydrogen-bond donors (Lipinski definition) is 0. The Morgan fingerprint density at radius 1 is 1.18 bits per heavy atom. The minimum absolute atomic E-state index is 0.377. The summed E-state index contributed by atoms with van der Waals surface area (Å²) in [4.78, 5) is 8.22. The van der Waals surface area contributed by atoms with E-state index in [1.54, 1.807) is 18.5 Å². The summed E-state index contributed by atoms with van der Waals surface area (Å²) in [6, 6.07) is 7.69. The van der Waals surface area contributed by atoms with E-state index in [2.05, 4.69) is 41.8 Å². The first-order chi connectivity index (χ1) is 8.29. The van der Waals surface area contributed by atoms with Crippen molar-refractivity contribution in [2.75, 3.05) is 0 Å². The van der Waals surface area contributed by atoms with Gasteiger partial charge < -0.3 is 4.74 Å². The van der Waals surface area contributed by atoms with Crippen molar-refractivity contribution in [1.29, 1.82) is 0 Å². The Morgan fingerprint density at radius 2 is 1.94 bits per heavy atom. The lowest BCUT2D eigenvalue weighted by molar-refractivity contribution is 0.293. The lowest BCUT2D eigenvalue weighted by atomic mass is 10.2. The highest BCUT2D eigenvalue weighted by Crippen LogP contribution is 2.25. The monoisotopic (exact) mass is 356 g/mol. The van der Waals surface area contributed by atoms with Crippen LogP contribution in [0.3, 0.4) is 0 Å². The summed E-state index contributed by atoms with van der Waals surface area (Å²) < 4.78 is 6.73. The number of hydrogen-bond acceptors (Lipinski definition) is 3. The van der Waals surface area contributed by atoms with Crippen LogP contribution in [0.15, 0.2) is 41.1 Å². The molecular weight excluding hydrogens is 348 g/mol. The fourth-order valence-corrected chi connectivity index (χ4v) is 2.19. The van der Waals surface area contributed by atoms with Gasteiger partial charge in [-0.2, -0.15) is 0 Å². The van der Waals surface area contributed by atoms with Gasteiger partial charge in [-0.1, -0.05) is 31.9 Å². The molecule has 2 rings (SSSR count). The maximum atomic E-state index is 5.69. The Morgan fingerprint density at radius 3 is 2.65 bits per heavy atom. The summed E-state index contributed by atoms with van der Waals surface area (Å²) in [5.41, 5.74) is 1.09. The predicted octanol–water partition coefficient (Wildman–Crippen LogP) is 3.71. The fraction of sp³-hybridized carbons (Fsp3) is 0.167. The van der Waals surface area contributed by atoms with Crippen LogP contribution in [-0.2, 0) is 11.9 Å². The van der Waals surface area contributed by atoms with Crippen LogP contribution in [-0.4, -0.2) is 9.97 Å². The molecule has 0 radical (unpaired) electrons. The van der Waals surface area contributed by atoms with Gasteiger partial charge >= 0.3 is 0 Å². The average molecular weight is 358 g/mol. The summed E-state index contributed by atoms with van der Waals surface area (Å²) in [6.07, 6.45) is 3.41. The van der Waals surface area contributed by atoms with Crippen LogP contribution >= 0.6 is 31.9 Å². The van der Waals surface area contributed by atoms with Crippen molar-refractivity contribution in [2.45, 2.75) is 11.9 Å². The third-order valence-electron chi connectivity index (χ3n) is 2.14. The summed E-state index contributed by atoms with van der Waals surface area (Å²) >= 11 is 6.87. The standard InChI is InChI=1S/C12H10Br2N2O/c13-7-9-6-10(14)2-3-11(9)17-8-12-15-4-1-5-16-12/h1-6H,7-8H2. The molecule has 0 fully saturated rings. The highest BCUT2D eigenvalue weighted by Gasteiger charge is 2.04. The lowest BCUT2D eigenvalue weighted by Gasteiger charge is -2.09. The zero-order valence-corrected chi connectivity index (χ0v) is 12.1. The molecule has 2 aromatic rings. The number of nitrogens with zero attached hydrogens (tertiary/aromatic N) is 2. The molecule has 88 valence electrons. The van der Waals surface area contributed by atoms with Crippen molar-refractivity contribution in [3.63, 3.8) is 0 Å². The van der Waals surface area contributed by atoms with E-state index in [1.165, 1.54) is 0 Å². The zero-order valence-electron chi connectivity index (χ0n) is 8.94. The average Bonchev–Trinajstić information content (AvgIpc) is 2.38. The number of rotatable bonds is 4. The van der Waals surface area contributed by atoms with E-state index >= 15 is 0 Å². The van der Waals surface area contributed by atoms with Gasteiger partial charge in [-0.25, -0.2) is 9.97 Å². The lowest BCUT2D eigenvalue weighted by Crippen LogP contribution is -2.01. The molecule has 3 nitrogen and oxygen atoms in total. The van der Waals surface area contributed by atoms with Gasteiger partial charge in [-0.15, -0.1) is 0 Å². The molecule has 0 amide bonds. The third-order valence-corrected chi connectivity index (χ3v) is 3.24. The van der Waals surface area contributed by atoms with Crippen molar-refractivity contribution in [1.82, 2.24) is 9.97 Å². The van der Waals surface area contributed by atoms with E-state index in [4.69, 9.17) is 4.74 Å². The van der Waals surface area contributed by atoms with Gasteiger partial charge in [-0.05, 0) is 24.3 Å². The first kappa shape index (κ1) is 12.5. The molecule has 0 aliphatic rings. The molecule has 0 bridgehead atoms. The van der Waals surface area contributed by atoms with E-state index in [1.807, 2.05) is 18.2 Å². The van der Waals surface area contributed by atoms with Gasteiger partial charge in [0.25, 0.3) is 0 Å². The molecule has 0 saturated carbocycles. The summed E-state index contributed by atoms with van der Waals surface area (Å²) in [6.45, 7) is 0.377. The molecule has 0 atom stereocenters. The Kier molecular flexibility index (Phi) is 4.50. The first-order valence-corrected chi connectivity index (χ1v) is 6.94. The van der Waals surface area contributed by atoms with Crippen LogP contribution in [0.5, 0.6) is 5.75 Å². The molecule has 17 heavy (non-hydrogen) atoms. The SMILES string of the molecule is BrCc1cc(Br)ccc1OCc1ncccn1. The topological polar surface area (TPSA) is 35.0 Å². The van der Waals surface area contributed by atoms with Gasteiger partial charge in [-0.3, -0.25) is 0 Å². The van der Waals surface area contributed by atoms with Crippen molar-refractivity contribution in [2.24, 2.45) is 0 Å². The van der Waals surface area contributed by atoms with E-state index in [9.17, 15) is 0 Å². The van der Waals surface area contributed by atoms with E-state index in [0.717, 1.165) is 21.1 Å². The van der Waals surface area contributed by atoms with E-state index in [-0.39, 0.29) is 0 Å². The normalized spacial score (nSPS) is 10.2. The van der Waals surface area contributed by atoms with Gasteiger partial charge in [0.2, 0.25) is 0 Å². The number of alkyl halides is 1. The Balaban J connectivity index is 2.09. The van der Waals surface area contributed by atoms with Crippen molar-refractivity contribution < 1.29 is 4.74 Å². The minimum atomic E-state index is 0.377. The minimum Gasteiger partial charge on any atom is -0.485 e. The smallest absolute Gasteiger partial charge is 0.166 e. The van der Waals surface area contributed by atoms with Crippen LogP contribution in [0.2, 0.25) is 0 Å². The first-order valence-electron chi connectivity index (χ1n) is 5.02. The molecule has 0 spiro atoms. The van der Waals surface area contributed by atoms with Crippen molar-refractivity contribution >= 4 is 31.9 Å². The highest BCUT2D eigenvalue weighted by atomic mass is 79.9. The van der Waals surface area contributed by atoms with Crippen LogP contribution in [0, 0.1) is 0 Å². The molecule has 0 unspecified atom stereocenters. The van der Waals surface area contributed by atoms with Crippen LogP contribution < -0.4 is 4.74 Å². The third kappa shape index (κ3) is 3.51. The Bertz CT molecular complexity index is 491. The van der Waals surface area contributed by atoms with Crippen LogP contribution in [0.25, 0.3) is 0 Å². The molecule has 0 N–H and O–H groups in total. The Labute approximate surface area is 117 Å². The molecular formula is C12H10Br2N2O. The molecule has 0 saturated heterocycles. The van der Waals surface area contributed by atoms with Crippen molar-refractivity contribution in [3.8, 4) is 5.75 Å². The summed E-state index contributed by atoms with van der Waals surface area (Å²) in [5, 5.41) is 0.747. The molecule has 0 aliphatic carbocycles. The maximum absolute atomic E-state index is 5.69. The molecule has 1 aromatic heterocycles. The van der Waals surface area contributed by atoms with Gasteiger partial charge in [0.15, 0.2) is 5.82 Å². The second kappa shape index (κ2) is 6.12. The largest absolute Gasteiger partial charge is 0.485 e. The molecule has 1 aromatic carbocycles.